The number of nitrogens with one attached hydrogen (secondary N) is 1. The fraction of sp³-hybridized carbons (Fsp3) is 0.588. The molecule has 0 saturated heterocycles. The van der Waals surface area contributed by atoms with Crippen molar-refractivity contribution < 1.29 is 14.3 Å². The molecule has 0 aliphatic heterocycles. The highest BCUT2D eigenvalue weighted by Crippen LogP contribution is 2.20. The maximum absolute atomic E-state index is 11.4. The van der Waals surface area contributed by atoms with Crippen LogP contribution in [0.2, 0.25) is 0 Å². The SMILES string of the molecule is CCCCOC(=O)COc1ccc(C(CC)NCC)cc1. The standard InChI is InChI=1S/C17H27NO3/c1-4-7-12-20-17(19)13-21-15-10-8-14(9-11-15)16(5-2)18-6-3/h8-11,16,18H,4-7,12-13H2,1-3H3. The maximum atomic E-state index is 11.4. The van der Waals surface area contributed by atoms with Crippen molar-refractivity contribution in [3.8, 4) is 5.75 Å². The molecule has 0 aliphatic rings. The van der Waals surface area contributed by atoms with Gasteiger partial charge in [-0.05, 0) is 37.1 Å². The lowest BCUT2D eigenvalue weighted by atomic mass is 10.0. The normalized spacial score (nSPS) is 12.0. The molecule has 1 atom stereocenters. The summed E-state index contributed by atoms with van der Waals surface area (Å²) in [6.07, 6.45) is 2.95. The van der Waals surface area contributed by atoms with Crippen molar-refractivity contribution in [2.75, 3.05) is 19.8 Å². The third-order valence-corrected chi connectivity index (χ3v) is 3.26. The highest BCUT2D eigenvalue weighted by Gasteiger charge is 2.08. The first-order valence-corrected chi connectivity index (χ1v) is 7.83. The Balaban J connectivity index is 2.42. The molecule has 0 spiro atoms. The van der Waals surface area contributed by atoms with E-state index in [1.165, 1.54) is 5.56 Å². The quantitative estimate of drug-likeness (QED) is 0.530. The molecule has 0 amide bonds. The molecule has 0 saturated carbocycles. The zero-order valence-corrected chi connectivity index (χ0v) is 13.4. The third kappa shape index (κ3) is 6.63. The monoisotopic (exact) mass is 293 g/mol. The molecule has 0 aromatic heterocycles. The average Bonchev–Trinajstić information content (AvgIpc) is 2.51. The van der Waals surface area contributed by atoms with E-state index in [1.807, 2.05) is 24.3 Å². The summed E-state index contributed by atoms with van der Waals surface area (Å²) in [5.74, 6) is 0.379. The van der Waals surface area contributed by atoms with Crippen LogP contribution in [0.25, 0.3) is 0 Å². The van der Waals surface area contributed by atoms with Gasteiger partial charge in [-0.1, -0.05) is 39.3 Å². The number of ether oxygens (including phenoxy) is 2. The van der Waals surface area contributed by atoms with E-state index < -0.39 is 0 Å². The second kappa shape index (κ2) is 10.2. The van der Waals surface area contributed by atoms with E-state index in [9.17, 15) is 4.79 Å². The van der Waals surface area contributed by atoms with Crippen LogP contribution in [0.5, 0.6) is 5.75 Å². The van der Waals surface area contributed by atoms with Gasteiger partial charge in [0.1, 0.15) is 5.75 Å². The van der Waals surface area contributed by atoms with Gasteiger partial charge in [0.05, 0.1) is 6.61 Å². The zero-order valence-electron chi connectivity index (χ0n) is 13.4. The molecule has 1 aromatic rings. The Hall–Kier alpha value is -1.55. The Kier molecular flexibility index (Phi) is 8.51. The molecule has 21 heavy (non-hydrogen) atoms. The van der Waals surface area contributed by atoms with Crippen LogP contribution in [0.3, 0.4) is 0 Å². The number of esters is 1. The largest absolute Gasteiger partial charge is 0.482 e. The minimum atomic E-state index is -0.313. The summed E-state index contributed by atoms with van der Waals surface area (Å²) in [4.78, 5) is 11.4. The van der Waals surface area contributed by atoms with Crippen LogP contribution < -0.4 is 10.1 Å². The van der Waals surface area contributed by atoms with Gasteiger partial charge in [0, 0.05) is 6.04 Å². The summed E-state index contributed by atoms with van der Waals surface area (Å²) in [6.45, 7) is 7.70. The van der Waals surface area contributed by atoms with Crippen LogP contribution in [0.15, 0.2) is 24.3 Å². The average molecular weight is 293 g/mol. The molecule has 4 nitrogen and oxygen atoms in total. The number of rotatable bonds is 10. The molecule has 1 N–H and O–H groups in total. The van der Waals surface area contributed by atoms with Crippen molar-refractivity contribution in [1.82, 2.24) is 5.32 Å². The van der Waals surface area contributed by atoms with Crippen LogP contribution in [0.4, 0.5) is 0 Å². The molecule has 118 valence electrons. The molecule has 0 fully saturated rings. The maximum Gasteiger partial charge on any atom is 0.344 e. The molecule has 4 heteroatoms. The number of carbonyl (C=O) groups excluding carboxylic acids is 1. The first-order chi connectivity index (χ1) is 10.2. The Morgan fingerprint density at radius 2 is 1.90 bits per heavy atom. The summed E-state index contributed by atoms with van der Waals surface area (Å²) in [6, 6.07) is 8.23. The second-order valence-electron chi connectivity index (χ2n) is 4.95. The van der Waals surface area contributed by atoms with Crippen LogP contribution in [0.1, 0.15) is 51.6 Å². The van der Waals surface area contributed by atoms with Crippen LogP contribution in [-0.2, 0) is 9.53 Å². The number of hydrogen-bond acceptors (Lipinski definition) is 4. The summed E-state index contributed by atoms with van der Waals surface area (Å²) in [5.41, 5.74) is 1.23. The van der Waals surface area contributed by atoms with E-state index in [0.29, 0.717) is 18.4 Å². The van der Waals surface area contributed by atoms with Gasteiger partial charge in [-0.15, -0.1) is 0 Å². The summed E-state index contributed by atoms with van der Waals surface area (Å²) in [5, 5.41) is 3.43. The van der Waals surface area contributed by atoms with E-state index in [0.717, 1.165) is 25.8 Å². The fourth-order valence-corrected chi connectivity index (χ4v) is 2.05. The minimum absolute atomic E-state index is 0.0342. The Morgan fingerprint density at radius 3 is 2.48 bits per heavy atom. The lowest BCUT2D eigenvalue weighted by Crippen LogP contribution is -2.20. The van der Waals surface area contributed by atoms with Gasteiger partial charge < -0.3 is 14.8 Å². The minimum Gasteiger partial charge on any atom is -0.482 e. The predicted molar refractivity (Wildman–Crippen MR) is 84.5 cm³/mol. The molecule has 0 bridgehead atoms. The molecule has 1 rings (SSSR count). The lowest BCUT2D eigenvalue weighted by molar-refractivity contribution is -0.146. The van der Waals surface area contributed by atoms with E-state index in [-0.39, 0.29) is 12.6 Å². The molecule has 1 aromatic carbocycles. The van der Waals surface area contributed by atoms with Gasteiger partial charge in [0.15, 0.2) is 6.61 Å². The van der Waals surface area contributed by atoms with Crippen LogP contribution in [0, 0.1) is 0 Å². The van der Waals surface area contributed by atoms with Crippen molar-refractivity contribution in [2.45, 2.75) is 46.1 Å². The molecule has 0 heterocycles. The molecule has 0 aliphatic carbocycles. The Bertz CT molecular complexity index is 403. The van der Waals surface area contributed by atoms with Crippen molar-refractivity contribution in [3.63, 3.8) is 0 Å². The molecule has 0 radical (unpaired) electrons. The zero-order chi connectivity index (χ0) is 15.5. The first-order valence-electron chi connectivity index (χ1n) is 7.83. The van der Waals surface area contributed by atoms with Crippen molar-refractivity contribution in [3.05, 3.63) is 29.8 Å². The van der Waals surface area contributed by atoms with Gasteiger partial charge in [0.25, 0.3) is 0 Å². The number of carbonyl (C=O) groups is 1. The van der Waals surface area contributed by atoms with E-state index in [2.05, 4.69) is 26.1 Å². The first kappa shape index (κ1) is 17.5. The third-order valence-electron chi connectivity index (χ3n) is 3.26. The topological polar surface area (TPSA) is 47.6 Å². The lowest BCUT2D eigenvalue weighted by Gasteiger charge is -2.16. The van der Waals surface area contributed by atoms with Gasteiger partial charge in [-0.2, -0.15) is 0 Å². The predicted octanol–water partition coefficient (Wildman–Crippen LogP) is 3.47. The number of benzene rings is 1. The van der Waals surface area contributed by atoms with Gasteiger partial charge >= 0.3 is 5.97 Å². The van der Waals surface area contributed by atoms with Gasteiger partial charge in [-0.25, -0.2) is 4.79 Å². The molecule has 1 unspecified atom stereocenters. The molecular weight excluding hydrogens is 266 g/mol. The highest BCUT2D eigenvalue weighted by molar-refractivity contribution is 5.71. The second-order valence-corrected chi connectivity index (χ2v) is 4.95. The fourth-order valence-electron chi connectivity index (χ4n) is 2.05. The van der Waals surface area contributed by atoms with Crippen molar-refractivity contribution in [2.24, 2.45) is 0 Å². The van der Waals surface area contributed by atoms with E-state index in [1.54, 1.807) is 0 Å². The van der Waals surface area contributed by atoms with E-state index in [4.69, 9.17) is 9.47 Å². The smallest absolute Gasteiger partial charge is 0.344 e. The van der Waals surface area contributed by atoms with Gasteiger partial charge in [-0.3, -0.25) is 0 Å². The summed E-state index contributed by atoms with van der Waals surface area (Å²) >= 11 is 0. The van der Waals surface area contributed by atoms with Crippen molar-refractivity contribution in [1.29, 1.82) is 0 Å². The van der Waals surface area contributed by atoms with Crippen LogP contribution >= 0.6 is 0 Å². The molecular formula is C17H27NO3. The highest BCUT2D eigenvalue weighted by atomic mass is 16.6. The Labute approximate surface area is 127 Å². The van der Waals surface area contributed by atoms with Crippen molar-refractivity contribution >= 4 is 5.97 Å². The summed E-state index contributed by atoms with van der Waals surface area (Å²) in [7, 11) is 0. The van der Waals surface area contributed by atoms with E-state index >= 15 is 0 Å². The number of hydrogen-bond donors (Lipinski definition) is 1. The Morgan fingerprint density at radius 1 is 1.19 bits per heavy atom. The van der Waals surface area contributed by atoms with Gasteiger partial charge in [0.2, 0.25) is 0 Å². The number of unbranched alkanes of at least 4 members (excludes halogenated alkanes) is 1. The summed E-state index contributed by atoms with van der Waals surface area (Å²) < 4.78 is 10.5. The van der Waals surface area contributed by atoms with Crippen LogP contribution in [-0.4, -0.2) is 25.7 Å².